The summed E-state index contributed by atoms with van der Waals surface area (Å²) in [5.74, 6) is 0. The molecule has 2 nitrogen and oxygen atoms in total. The summed E-state index contributed by atoms with van der Waals surface area (Å²) in [6.45, 7) is 3.51. The monoisotopic (exact) mass is 285 g/mol. The summed E-state index contributed by atoms with van der Waals surface area (Å²) in [5.41, 5.74) is 1.73. The molecule has 0 bridgehead atoms. The molecule has 2 fully saturated rings. The molecule has 1 saturated carbocycles. The van der Waals surface area contributed by atoms with Crippen LogP contribution in [0.25, 0.3) is 6.08 Å². The standard InChI is InChI=1S/C19H27NO/c1-21-18-11-5-12-19(18)13-7-15-20(16-19)14-6-10-17-8-3-2-4-9-17/h2-4,6,8-10,18H,5,7,11-16H2,1H3/b10-6+/t18-,19-/m1/s1. The van der Waals surface area contributed by atoms with Crippen molar-refractivity contribution in [3.05, 3.63) is 42.0 Å². The molecule has 0 aromatic heterocycles. The van der Waals surface area contributed by atoms with E-state index in [2.05, 4.69) is 47.4 Å². The highest BCUT2D eigenvalue weighted by molar-refractivity contribution is 5.48. The molecule has 1 saturated heterocycles. The lowest BCUT2D eigenvalue weighted by Crippen LogP contribution is -2.47. The number of methoxy groups -OCH3 is 1. The minimum absolute atomic E-state index is 0.438. The van der Waals surface area contributed by atoms with Crippen LogP contribution in [0, 0.1) is 5.41 Å². The normalized spacial score (nSPS) is 30.4. The fourth-order valence-corrected chi connectivity index (χ4v) is 4.26. The fraction of sp³-hybridized carbons (Fsp3) is 0.579. The van der Waals surface area contributed by atoms with E-state index in [1.165, 1.54) is 50.8 Å². The first-order chi connectivity index (χ1) is 10.3. The summed E-state index contributed by atoms with van der Waals surface area (Å²) in [7, 11) is 1.89. The van der Waals surface area contributed by atoms with Crippen molar-refractivity contribution >= 4 is 6.08 Å². The Labute approximate surface area is 128 Å². The second kappa shape index (κ2) is 6.76. The third-order valence-corrected chi connectivity index (χ3v) is 5.27. The molecule has 1 aliphatic heterocycles. The van der Waals surface area contributed by atoms with E-state index in [9.17, 15) is 0 Å². The molecular formula is C19H27NO. The first kappa shape index (κ1) is 14.8. The number of hydrogen-bond acceptors (Lipinski definition) is 2. The molecule has 3 rings (SSSR count). The van der Waals surface area contributed by atoms with Crippen molar-refractivity contribution in [1.29, 1.82) is 0 Å². The van der Waals surface area contributed by atoms with Gasteiger partial charge >= 0.3 is 0 Å². The van der Waals surface area contributed by atoms with Crippen molar-refractivity contribution in [3.63, 3.8) is 0 Å². The highest BCUT2D eigenvalue weighted by Gasteiger charge is 2.45. The van der Waals surface area contributed by atoms with Crippen molar-refractivity contribution in [2.24, 2.45) is 5.41 Å². The maximum atomic E-state index is 5.78. The number of nitrogens with zero attached hydrogens (tertiary/aromatic N) is 1. The zero-order valence-electron chi connectivity index (χ0n) is 13.1. The van der Waals surface area contributed by atoms with Gasteiger partial charge in [0.05, 0.1) is 6.10 Å². The van der Waals surface area contributed by atoms with Crippen LogP contribution in [0.4, 0.5) is 0 Å². The van der Waals surface area contributed by atoms with Crippen molar-refractivity contribution < 1.29 is 4.74 Å². The van der Waals surface area contributed by atoms with Gasteiger partial charge in [0, 0.05) is 25.6 Å². The first-order valence-corrected chi connectivity index (χ1v) is 8.29. The zero-order chi connectivity index (χ0) is 14.5. The summed E-state index contributed by atoms with van der Waals surface area (Å²) in [6.07, 6.45) is 11.7. The predicted octanol–water partition coefficient (Wildman–Crippen LogP) is 3.98. The largest absolute Gasteiger partial charge is 0.381 e. The zero-order valence-corrected chi connectivity index (χ0v) is 13.1. The number of piperidine rings is 1. The molecule has 2 atom stereocenters. The van der Waals surface area contributed by atoms with Gasteiger partial charge in [-0.2, -0.15) is 0 Å². The molecular weight excluding hydrogens is 258 g/mol. The van der Waals surface area contributed by atoms with Gasteiger partial charge in [-0.05, 0) is 37.8 Å². The van der Waals surface area contributed by atoms with Crippen LogP contribution in [-0.2, 0) is 4.74 Å². The third-order valence-electron chi connectivity index (χ3n) is 5.27. The molecule has 114 valence electrons. The molecule has 2 heteroatoms. The molecule has 1 heterocycles. The van der Waals surface area contributed by atoms with Crippen LogP contribution < -0.4 is 0 Å². The summed E-state index contributed by atoms with van der Waals surface area (Å²) < 4.78 is 5.78. The van der Waals surface area contributed by atoms with Crippen LogP contribution in [0.2, 0.25) is 0 Å². The second-order valence-electron chi connectivity index (χ2n) is 6.63. The Bertz CT molecular complexity index is 470. The summed E-state index contributed by atoms with van der Waals surface area (Å²) in [5, 5.41) is 0. The molecule has 0 amide bonds. The molecule has 0 radical (unpaired) electrons. The van der Waals surface area contributed by atoms with Crippen LogP contribution in [0.3, 0.4) is 0 Å². The van der Waals surface area contributed by atoms with Crippen LogP contribution in [-0.4, -0.2) is 37.7 Å². The van der Waals surface area contributed by atoms with Crippen LogP contribution in [0.15, 0.2) is 36.4 Å². The predicted molar refractivity (Wildman–Crippen MR) is 88.2 cm³/mol. The summed E-state index contributed by atoms with van der Waals surface area (Å²) >= 11 is 0. The van der Waals surface area contributed by atoms with Crippen molar-refractivity contribution in [3.8, 4) is 0 Å². The second-order valence-corrected chi connectivity index (χ2v) is 6.63. The number of likely N-dealkylation sites (tertiary alicyclic amines) is 1. The average Bonchev–Trinajstić information content (AvgIpc) is 2.90. The molecule has 1 spiro atoms. The van der Waals surface area contributed by atoms with Gasteiger partial charge < -0.3 is 4.74 Å². The minimum Gasteiger partial charge on any atom is -0.381 e. The maximum Gasteiger partial charge on any atom is 0.0639 e. The molecule has 1 aromatic carbocycles. The Kier molecular flexibility index (Phi) is 4.77. The highest BCUT2D eigenvalue weighted by atomic mass is 16.5. The van der Waals surface area contributed by atoms with Gasteiger partial charge in [-0.3, -0.25) is 4.90 Å². The first-order valence-electron chi connectivity index (χ1n) is 8.29. The Morgan fingerprint density at radius 2 is 2.05 bits per heavy atom. The third kappa shape index (κ3) is 3.38. The quantitative estimate of drug-likeness (QED) is 0.829. The van der Waals surface area contributed by atoms with Crippen molar-refractivity contribution in [1.82, 2.24) is 4.90 Å². The lowest BCUT2D eigenvalue weighted by atomic mass is 9.76. The van der Waals surface area contributed by atoms with Gasteiger partial charge in [0.1, 0.15) is 0 Å². The van der Waals surface area contributed by atoms with Gasteiger partial charge in [0.2, 0.25) is 0 Å². The van der Waals surface area contributed by atoms with Crippen LogP contribution in [0.5, 0.6) is 0 Å². The van der Waals surface area contributed by atoms with E-state index < -0.39 is 0 Å². The lowest BCUT2D eigenvalue weighted by Gasteiger charge is -2.43. The van der Waals surface area contributed by atoms with Gasteiger partial charge in [-0.25, -0.2) is 0 Å². The van der Waals surface area contributed by atoms with Gasteiger partial charge in [-0.15, -0.1) is 0 Å². The van der Waals surface area contributed by atoms with Gasteiger partial charge in [-0.1, -0.05) is 48.9 Å². The van der Waals surface area contributed by atoms with E-state index in [-0.39, 0.29) is 0 Å². The fourth-order valence-electron chi connectivity index (χ4n) is 4.26. The molecule has 1 aliphatic carbocycles. The topological polar surface area (TPSA) is 12.5 Å². The maximum absolute atomic E-state index is 5.78. The molecule has 0 N–H and O–H groups in total. The lowest BCUT2D eigenvalue weighted by molar-refractivity contribution is -0.0322. The Morgan fingerprint density at radius 3 is 2.86 bits per heavy atom. The number of hydrogen-bond donors (Lipinski definition) is 0. The van der Waals surface area contributed by atoms with Crippen LogP contribution >= 0.6 is 0 Å². The SMILES string of the molecule is CO[C@@H]1CCC[C@]12CCCN(C/C=C/c1ccccc1)C2. The Balaban J connectivity index is 1.58. The van der Waals surface area contributed by atoms with Gasteiger partial charge in [0.25, 0.3) is 0 Å². The average molecular weight is 285 g/mol. The van der Waals surface area contributed by atoms with E-state index in [1.807, 2.05) is 7.11 Å². The van der Waals surface area contributed by atoms with E-state index in [4.69, 9.17) is 4.74 Å². The molecule has 0 unspecified atom stereocenters. The van der Waals surface area contributed by atoms with Crippen LogP contribution in [0.1, 0.15) is 37.7 Å². The number of rotatable bonds is 4. The Morgan fingerprint density at radius 1 is 1.24 bits per heavy atom. The van der Waals surface area contributed by atoms with Crippen molar-refractivity contribution in [2.75, 3.05) is 26.7 Å². The minimum atomic E-state index is 0.438. The van der Waals surface area contributed by atoms with Crippen molar-refractivity contribution in [2.45, 2.75) is 38.2 Å². The number of benzene rings is 1. The van der Waals surface area contributed by atoms with E-state index in [0.717, 1.165) is 6.54 Å². The van der Waals surface area contributed by atoms with E-state index in [1.54, 1.807) is 0 Å². The highest BCUT2D eigenvalue weighted by Crippen LogP contribution is 2.46. The number of ether oxygens (including phenoxy) is 1. The summed E-state index contributed by atoms with van der Waals surface area (Å²) in [6, 6.07) is 10.6. The smallest absolute Gasteiger partial charge is 0.0639 e. The van der Waals surface area contributed by atoms with E-state index >= 15 is 0 Å². The summed E-state index contributed by atoms with van der Waals surface area (Å²) in [4.78, 5) is 2.61. The van der Waals surface area contributed by atoms with Gasteiger partial charge in [0.15, 0.2) is 0 Å². The van der Waals surface area contributed by atoms with E-state index in [0.29, 0.717) is 11.5 Å². The molecule has 2 aliphatic rings. The Hall–Kier alpha value is -1.12. The molecule has 1 aromatic rings. The molecule has 21 heavy (non-hydrogen) atoms.